The van der Waals surface area contributed by atoms with Crippen molar-refractivity contribution in [3.8, 4) is 0 Å². The largest absolute Gasteiger partial charge is 0.461 e. The Labute approximate surface area is 191 Å². The highest BCUT2D eigenvalue weighted by atomic mass is 127. The van der Waals surface area contributed by atoms with Crippen LogP contribution in [0.3, 0.4) is 0 Å². The third-order valence-electron chi connectivity index (χ3n) is 5.02. The molecule has 2 aromatic rings. The molecule has 1 N–H and O–H groups in total. The molecule has 0 amide bonds. The lowest BCUT2D eigenvalue weighted by Gasteiger charge is -2.34. The van der Waals surface area contributed by atoms with Crippen molar-refractivity contribution in [2.75, 3.05) is 46.5 Å². The molecule has 0 atom stereocenters. The number of hydrogen-bond donors (Lipinski definition) is 1. The fourth-order valence-electron chi connectivity index (χ4n) is 3.55. The Kier molecular flexibility index (Phi) is 10.8. The molecule has 0 saturated carbocycles. The van der Waals surface area contributed by atoms with Gasteiger partial charge < -0.3 is 24.1 Å². The fraction of sp³-hybridized carbons (Fsp3) is 0.591. The Morgan fingerprint density at radius 3 is 2.76 bits per heavy atom. The zero-order valence-electron chi connectivity index (χ0n) is 17.6. The molecule has 1 aromatic carbocycles. The van der Waals surface area contributed by atoms with Crippen LogP contribution in [0.15, 0.2) is 39.7 Å². The number of methoxy groups -OCH3 is 1. The summed E-state index contributed by atoms with van der Waals surface area (Å²) in [4.78, 5) is 7.17. The molecule has 162 valence electrons. The number of nitrogens with zero attached hydrogens (tertiary/aromatic N) is 2. The SMILES string of the molecule is CCNC(=NCCc1cc2ccccc2o1)N1CCC(OCCCOC)CC1.I. The highest BCUT2D eigenvalue weighted by molar-refractivity contribution is 14.0. The molecule has 1 saturated heterocycles. The van der Waals surface area contributed by atoms with Gasteiger partial charge in [-0.25, -0.2) is 0 Å². The maximum absolute atomic E-state index is 5.96. The highest BCUT2D eigenvalue weighted by Crippen LogP contribution is 2.19. The quantitative estimate of drug-likeness (QED) is 0.236. The van der Waals surface area contributed by atoms with E-state index >= 15 is 0 Å². The van der Waals surface area contributed by atoms with Crippen LogP contribution in [0.2, 0.25) is 0 Å². The Morgan fingerprint density at radius 1 is 1.24 bits per heavy atom. The first-order valence-corrected chi connectivity index (χ1v) is 10.4. The van der Waals surface area contributed by atoms with Gasteiger partial charge in [-0.3, -0.25) is 4.99 Å². The highest BCUT2D eigenvalue weighted by Gasteiger charge is 2.21. The number of aliphatic imine (C=N–C) groups is 1. The Hall–Kier alpha value is -1.32. The smallest absolute Gasteiger partial charge is 0.193 e. The van der Waals surface area contributed by atoms with Gasteiger partial charge in [0, 0.05) is 58.3 Å². The molecule has 0 aliphatic carbocycles. The third-order valence-corrected chi connectivity index (χ3v) is 5.02. The van der Waals surface area contributed by atoms with Gasteiger partial charge in [0.05, 0.1) is 6.10 Å². The number of furan rings is 1. The lowest BCUT2D eigenvalue weighted by Crippen LogP contribution is -2.47. The van der Waals surface area contributed by atoms with Crippen molar-refractivity contribution in [2.45, 2.75) is 38.7 Å². The second-order valence-corrected chi connectivity index (χ2v) is 7.14. The summed E-state index contributed by atoms with van der Waals surface area (Å²) in [6.07, 6.45) is 4.21. The minimum Gasteiger partial charge on any atom is -0.461 e. The van der Waals surface area contributed by atoms with Crippen LogP contribution in [-0.4, -0.2) is 63.5 Å². The molecular weight excluding hydrogens is 481 g/mol. The van der Waals surface area contributed by atoms with E-state index in [1.807, 2.05) is 18.2 Å². The Balaban J connectivity index is 0.00000300. The second kappa shape index (κ2) is 13.1. The molecule has 0 spiro atoms. The Morgan fingerprint density at radius 2 is 2.03 bits per heavy atom. The molecule has 1 aliphatic heterocycles. The van der Waals surface area contributed by atoms with Gasteiger partial charge in [0.15, 0.2) is 5.96 Å². The van der Waals surface area contributed by atoms with Crippen molar-refractivity contribution in [2.24, 2.45) is 4.99 Å². The number of rotatable bonds is 9. The van der Waals surface area contributed by atoms with Gasteiger partial charge >= 0.3 is 0 Å². The van der Waals surface area contributed by atoms with E-state index in [9.17, 15) is 0 Å². The molecule has 29 heavy (non-hydrogen) atoms. The van der Waals surface area contributed by atoms with E-state index in [4.69, 9.17) is 18.9 Å². The minimum absolute atomic E-state index is 0. The molecule has 0 unspecified atom stereocenters. The van der Waals surface area contributed by atoms with E-state index < -0.39 is 0 Å². The van der Waals surface area contributed by atoms with Gasteiger partial charge in [-0.15, -0.1) is 24.0 Å². The van der Waals surface area contributed by atoms with Gasteiger partial charge in [0.2, 0.25) is 0 Å². The molecule has 2 heterocycles. The van der Waals surface area contributed by atoms with Crippen molar-refractivity contribution in [1.29, 1.82) is 0 Å². The molecule has 1 aliphatic rings. The lowest BCUT2D eigenvalue weighted by atomic mass is 10.1. The number of benzene rings is 1. The minimum atomic E-state index is 0. The van der Waals surface area contributed by atoms with Crippen LogP contribution in [0.4, 0.5) is 0 Å². The van der Waals surface area contributed by atoms with Gasteiger partial charge in [-0.2, -0.15) is 0 Å². The van der Waals surface area contributed by atoms with Crippen molar-refractivity contribution in [1.82, 2.24) is 10.2 Å². The number of piperidine rings is 1. The molecular formula is C22H34IN3O3. The second-order valence-electron chi connectivity index (χ2n) is 7.14. The molecule has 0 bridgehead atoms. The molecule has 6 nitrogen and oxygen atoms in total. The number of ether oxygens (including phenoxy) is 2. The predicted molar refractivity (Wildman–Crippen MR) is 128 cm³/mol. The fourth-order valence-corrected chi connectivity index (χ4v) is 3.55. The van der Waals surface area contributed by atoms with E-state index in [0.717, 1.165) is 87.8 Å². The molecule has 0 radical (unpaired) electrons. The third kappa shape index (κ3) is 7.46. The van der Waals surface area contributed by atoms with Crippen molar-refractivity contribution in [3.05, 3.63) is 36.1 Å². The van der Waals surface area contributed by atoms with E-state index in [1.54, 1.807) is 7.11 Å². The predicted octanol–water partition coefficient (Wildman–Crippen LogP) is 4.08. The standard InChI is InChI=1S/C22H33N3O3.HI/c1-3-23-22(25-13-10-19(11-14-25)27-16-6-15-26-2)24-12-9-20-17-18-7-4-5-8-21(18)28-20;/h4-5,7-8,17,19H,3,6,9-16H2,1-2H3,(H,23,24);1H. The zero-order chi connectivity index (χ0) is 19.6. The number of nitrogens with one attached hydrogen (secondary N) is 1. The number of hydrogen-bond acceptors (Lipinski definition) is 4. The van der Waals surface area contributed by atoms with E-state index in [2.05, 4.69) is 29.3 Å². The monoisotopic (exact) mass is 515 g/mol. The summed E-state index contributed by atoms with van der Waals surface area (Å²) >= 11 is 0. The van der Waals surface area contributed by atoms with Crippen LogP contribution < -0.4 is 5.32 Å². The average molecular weight is 515 g/mol. The van der Waals surface area contributed by atoms with Crippen LogP contribution in [-0.2, 0) is 15.9 Å². The molecule has 7 heteroatoms. The van der Waals surface area contributed by atoms with Crippen LogP contribution >= 0.6 is 24.0 Å². The van der Waals surface area contributed by atoms with E-state index in [1.165, 1.54) is 0 Å². The summed E-state index contributed by atoms with van der Waals surface area (Å²) in [5.74, 6) is 1.99. The van der Waals surface area contributed by atoms with Gasteiger partial charge in [-0.05, 0) is 38.3 Å². The first-order valence-electron chi connectivity index (χ1n) is 10.4. The lowest BCUT2D eigenvalue weighted by molar-refractivity contribution is 0.00991. The normalized spacial score (nSPS) is 15.5. The summed E-state index contributed by atoms with van der Waals surface area (Å²) < 4.78 is 16.9. The summed E-state index contributed by atoms with van der Waals surface area (Å²) in [7, 11) is 1.73. The number of fused-ring (bicyclic) bond motifs is 1. The molecule has 3 rings (SSSR count). The van der Waals surface area contributed by atoms with Crippen LogP contribution in [0.5, 0.6) is 0 Å². The van der Waals surface area contributed by atoms with Crippen molar-refractivity contribution in [3.63, 3.8) is 0 Å². The van der Waals surface area contributed by atoms with Crippen molar-refractivity contribution >= 4 is 40.9 Å². The van der Waals surface area contributed by atoms with Gasteiger partial charge in [0.25, 0.3) is 0 Å². The van der Waals surface area contributed by atoms with Crippen LogP contribution in [0, 0.1) is 0 Å². The summed E-state index contributed by atoms with van der Waals surface area (Å²) in [6, 6.07) is 10.2. The topological polar surface area (TPSA) is 59.2 Å². The van der Waals surface area contributed by atoms with Gasteiger partial charge in [0.1, 0.15) is 11.3 Å². The van der Waals surface area contributed by atoms with Crippen LogP contribution in [0.25, 0.3) is 11.0 Å². The summed E-state index contributed by atoms with van der Waals surface area (Å²) in [5.41, 5.74) is 0.945. The van der Waals surface area contributed by atoms with E-state index in [0.29, 0.717) is 6.10 Å². The average Bonchev–Trinajstić information content (AvgIpc) is 3.14. The number of likely N-dealkylation sites (tertiary alicyclic amines) is 1. The first kappa shape index (κ1) is 24.0. The maximum Gasteiger partial charge on any atom is 0.193 e. The Bertz CT molecular complexity index is 709. The summed E-state index contributed by atoms with van der Waals surface area (Å²) in [6.45, 7) is 7.20. The van der Waals surface area contributed by atoms with E-state index in [-0.39, 0.29) is 24.0 Å². The zero-order valence-corrected chi connectivity index (χ0v) is 19.9. The first-order chi connectivity index (χ1) is 13.8. The van der Waals surface area contributed by atoms with Gasteiger partial charge in [-0.1, -0.05) is 18.2 Å². The maximum atomic E-state index is 5.96. The summed E-state index contributed by atoms with van der Waals surface area (Å²) in [5, 5.41) is 4.58. The molecule has 1 aromatic heterocycles. The van der Waals surface area contributed by atoms with Crippen molar-refractivity contribution < 1.29 is 13.9 Å². The number of halogens is 1. The van der Waals surface area contributed by atoms with Crippen LogP contribution in [0.1, 0.15) is 31.9 Å². The molecule has 1 fully saturated rings. The number of para-hydroxylation sites is 1. The number of guanidine groups is 1.